The van der Waals surface area contributed by atoms with E-state index in [-0.39, 0.29) is 5.91 Å². The van der Waals surface area contributed by atoms with Crippen LogP contribution >= 0.6 is 0 Å². The summed E-state index contributed by atoms with van der Waals surface area (Å²) in [7, 11) is 0. The van der Waals surface area contributed by atoms with Crippen molar-refractivity contribution >= 4 is 5.91 Å². The third-order valence-electron chi connectivity index (χ3n) is 4.81. The van der Waals surface area contributed by atoms with E-state index in [0.717, 1.165) is 44.5 Å². The Morgan fingerprint density at radius 2 is 2.05 bits per heavy atom. The zero-order valence-corrected chi connectivity index (χ0v) is 12.7. The number of aromatic nitrogens is 3. The first-order valence-corrected chi connectivity index (χ1v) is 7.97. The van der Waals surface area contributed by atoms with E-state index < -0.39 is 0 Å². The second-order valence-corrected chi connectivity index (χ2v) is 6.35. The quantitative estimate of drug-likeness (QED) is 0.945. The molecule has 0 atom stereocenters. The van der Waals surface area contributed by atoms with Crippen LogP contribution in [0, 0.1) is 6.92 Å². The number of carbonyl (C=O) groups is 1. The Hall–Kier alpha value is -2.11. The Morgan fingerprint density at radius 1 is 1.27 bits per heavy atom. The van der Waals surface area contributed by atoms with E-state index >= 15 is 0 Å². The summed E-state index contributed by atoms with van der Waals surface area (Å²) in [6.45, 7) is 3.39. The number of piperidine rings is 1. The number of amides is 1. The van der Waals surface area contributed by atoms with Gasteiger partial charge in [-0.3, -0.25) is 4.79 Å². The molecule has 0 bridgehead atoms. The third kappa shape index (κ3) is 2.32. The van der Waals surface area contributed by atoms with E-state index in [0.29, 0.717) is 23.2 Å². The van der Waals surface area contributed by atoms with Gasteiger partial charge in [0.15, 0.2) is 0 Å². The van der Waals surface area contributed by atoms with Crippen molar-refractivity contribution in [3.8, 4) is 0 Å². The smallest absolute Gasteiger partial charge is 0.259 e. The van der Waals surface area contributed by atoms with Gasteiger partial charge in [-0.25, -0.2) is 4.98 Å². The molecular formula is C16H20N4O2. The maximum atomic E-state index is 12.8. The van der Waals surface area contributed by atoms with Gasteiger partial charge in [0.1, 0.15) is 11.3 Å². The number of rotatable bonds is 3. The van der Waals surface area contributed by atoms with Gasteiger partial charge in [-0.05, 0) is 32.6 Å². The van der Waals surface area contributed by atoms with Crippen LogP contribution in [0.15, 0.2) is 17.0 Å². The van der Waals surface area contributed by atoms with Crippen molar-refractivity contribution in [2.75, 3.05) is 13.1 Å². The molecule has 1 saturated carbocycles. The van der Waals surface area contributed by atoms with Crippen molar-refractivity contribution in [2.24, 2.45) is 0 Å². The predicted octanol–water partition coefficient (Wildman–Crippen LogP) is 2.60. The van der Waals surface area contributed by atoms with Crippen LogP contribution in [0.25, 0.3) is 0 Å². The minimum absolute atomic E-state index is 0.0868. The predicted molar refractivity (Wildman–Crippen MR) is 79.7 cm³/mol. The Kier molecular flexibility index (Phi) is 3.24. The number of hydrogen-bond acceptors (Lipinski definition) is 4. The van der Waals surface area contributed by atoms with Crippen molar-refractivity contribution in [1.29, 1.82) is 0 Å². The minimum atomic E-state index is 0.0868. The van der Waals surface area contributed by atoms with Gasteiger partial charge < -0.3 is 14.4 Å². The first-order chi connectivity index (χ1) is 10.7. The maximum Gasteiger partial charge on any atom is 0.259 e. The largest absolute Gasteiger partial charge is 0.361 e. The second kappa shape index (κ2) is 5.26. The lowest BCUT2D eigenvalue weighted by molar-refractivity contribution is 0.0709. The molecule has 2 fully saturated rings. The minimum Gasteiger partial charge on any atom is -0.361 e. The second-order valence-electron chi connectivity index (χ2n) is 6.35. The number of H-pyrrole nitrogens is 1. The van der Waals surface area contributed by atoms with Gasteiger partial charge in [0, 0.05) is 36.8 Å². The summed E-state index contributed by atoms with van der Waals surface area (Å²) >= 11 is 0. The lowest BCUT2D eigenvalue weighted by Crippen LogP contribution is -2.38. The molecule has 22 heavy (non-hydrogen) atoms. The number of nitrogens with zero attached hydrogens (tertiary/aromatic N) is 3. The highest BCUT2D eigenvalue weighted by atomic mass is 16.5. The van der Waals surface area contributed by atoms with Gasteiger partial charge in [0.2, 0.25) is 0 Å². The highest BCUT2D eigenvalue weighted by molar-refractivity contribution is 5.96. The number of hydrogen-bond donors (Lipinski definition) is 1. The molecule has 1 saturated heterocycles. The summed E-state index contributed by atoms with van der Waals surface area (Å²) in [5.74, 6) is 1.64. The summed E-state index contributed by atoms with van der Waals surface area (Å²) < 4.78 is 5.28. The zero-order chi connectivity index (χ0) is 15.1. The van der Waals surface area contributed by atoms with E-state index in [1.54, 1.807) is 6.33 Å². The molecule has 116 valence electrons. The first-order valence-electron chi connectivity index (χ1n) is 7.97. The first kappa shape index (κ1) is 13.5. The maximum absolute atomic E-state index is 12.8. The molecule has 2 aromatic rings. The van der Waals surface area contributed by atoms with E-state index in [1.807, 2.05) is 18.0 Å². The van der Waals surface area contributed by atoms with Crippen LogP contribution in [0.4, 0.5) is 0 Å². The van der Waals surface area contributed by atoms with Crippen LogP contribution in [0.5, 0.6) is 0 Å². The van der Waals surface area contributed by atoms with Gasteiger partial charge >= 0.3 is 0 Å². The number of nitrogens with one attached hydrogen (secondary N) is 1. The summed E-state index contributed by atoms with van der Waals surface area (Å²) in [5, 5.41) is 4.11. The molecular weight excluding hydrogens is 280 g/mol. The van der Waals surface area contributed by atoms with Gasteiger partial charge in [-0.2, -0.15) is 0 Å². The van der Waals surface area contributed by atoms with Crippen LogP contribution in [0.2, 0.25) is 0 Å². The van der Waals surface area contributed by atoms with Gasteiger partial charge in [0.05, 0.1) is 12.0 Å². The van der Waals surface area contributed by atoms with Crippen LogP contribution in [0.1, 0.15) is 65.0 Å². The highest BCUT2D eigenvalue weighted by Crippen LogP contribution is 2.42. The number of likely N-dealkylation sites (tertiary alicyclic amines) is 1. The van der Waals surface area contributed by atoms with E-state index in [1.165, 1.54) is 5.69 Å². The Balaban J connectivity index is 1.47. The normalized spacial score (nSPS) is 19.6. The molecule has 0 spiro atoms. The van der Waals surface area contributed by atoms with E-state index in [4.69, 9.17) is 4.52 Å². The number of aryl methyl sites for hydroxylation is 1. The fraction of sp³-hybridized carbons (Fsp3) is 0.562. The molecule has 0 unspecified atom stereocenters. The summed E-state index contributed by atoms with van der Waals surface area (Å²) in [6, 6.07) is 0. The third-order valence-corrected chi connectivity index (χ3v) is 4.81. The number of aromatic amines is 1. The number of imidazole rings is 1. The van der Waals surface area contributed by atoms with Crippen LogP contribution in [0.3, 0.4) is 0 Å². The van der Waals surface area contributed by atoms with Crippen LogP contribution < -0.4 is 0 Å². The summed E-state index contributed by atoms with van der Waals surface area (Å²) in [4.78, 5) is 22.0. The SMILES string of the molecule is Cc1onc(C2CC2)c1C(=O)N1CCC(c2cnc[nH]2)CC1. The summed E-state index contributed by atoms with van der Waals surface area (Å²) in [5.41, 5.74) is 2.76. The molecule has 1 amide bonds. The lowest BCUT2D eigenvalue weighted by Gasteiger charge is -2.31. The Bertz CT molecular complexity index is 664. The number of carbonyl (C=O) groups excluding carboxylic acids is 1. The molecule has 1 aliphatic heterocycles. The fourth-order valence-corrected chi connectivity index (χ4v) is 3.33. The average Bonchev–Trinajstić information content (AvgIpc) is 3.09. The van der Waals surface area contributed by atoms with Crippen LogP contribution in [-0.4, -0.2) is 39.0 Å². The lowest BCUT2D eigenvalue weighted by atomic mass is 9.93. The molecule has 6 heteroatoms. The molecule has 4 rings (SSSR count). The molecule has 6 nitrogen and oxygen atoms in total. The van der Waals surface area contributed by atoms with Crippen molar-refractivity contribution in [1.82, 2.24) is 20.0 Å². The Morgan fingerprint density at radius 3 is 2.68 bits per heavy atom. The molecule has 3 heterocycles. The topological polar surface area (TPSA) is 75.0 Å². The molecule has 0 aromatic carbocycles. The molecule has 2 aromatic heterocycles. The van der Waals surface area contributed by atoms with Crippen molar-refractivity contribution in [2.45, 2.75) is 44.4 Å². The molecule has 0 radical (unpaired) electrons. The highest BCUT2D eigenvalue weighted by Gasteiger charge is 2.35. The van der Waals surface area contributed by atoms with Crippen molar-refractivity contribution < 1.29 is 9.32 Å². The zero-order valence-electron chi connectivity index (χ0n) is 12.7. The van der Waals surface area contributed by atoms with Gasteiger partial charge in [-0.1, -0.05) is 5.16 Å². The van der Waals surface area contributed by atoms with Gasteiger partial charge in [-0.15, -0.1) is 0 Å². The Labute approximate surface area is 128 Å². The van der Waals surface area contributed by atoms with E-state index in [9.17, 15) is 4.79 Å². The molecule has 1 N–H and O–H groups in total. The van der Waals surface area contributed by atoms with Crippen molar-refractivity contribution in [3.63, 3.8) is 0 Å². The van der Waals surface area contributed by atoms with Gasteiger partial charge in [0.25, 0.3) is 5.91 Å². The monoisotopic (exact) mass is 300 g/mol. The standard InChI is InChI=1S/C16H20N4O2/c1-10-14(15(19-22-10)12-2-3-12)16(21)20-6-4-11(5-7-20)13-8-17-9-18-13/h8-9,11-12H,2-7H2,1H3,(H,17,18). The fourth-order valence-electron chi connectivity index (χ4n) is 3.33. The molecule has 2 aliphatic rings. The van der Waals surface area contributed by atoms with Crippen molar-refractivity contribution in [3.05, 3.63) is 35.2 Å². The molecule has 1 aliphatic carbocycles. The van der Waals surface area contributed by atoms with Crippen LogP contribution in [-0.2, 0) is 0 Å². The van der Waals surface area contributed by atoms with E-state index in [2.05, 4.69) is 15.1 Å². The average molecular weight is 300 g/mol. The summed E-state index contributed by atoms with van der Waals surface area (Å²) in [6.07, 6.45) is 7.78.